The minimum absolute atomic E-state index is 0.0757. The summed E-state index contributed by atoms with van der Waals surface area (Å²) in [5, 5.41) is 3.63. The first-order valence-corrected chi connectivity index (χ1v) is 12.3. The molecule has 170 valence electrons. The molecule has 2 aromatic carbocycles. The molecule has 0 bridgehead atoms. The second-order valence-electron chi connectivity index (χ2n) is 7.47. The number of pyridine rings is 1. The van der Waals surface area contributed by atoms with Crippen LogP contribution in [0.3, 0.4) is 0 Å². The number of amides is 1. The molecule has 0 spiro atoms. The molecule has 0 unspecified atom stereocenters. The number of ether oxygens (including phenoxy) is 1. The van der Waals surface area contributed by atoms with Crippen LogP contribution in [-0.4, -0.2) is 31.4 Å². The molecule has 0 saturated heterocycles. The first-order chi connectivity index (χ1) is 15.7. The lowest BCUT2D eigenvalue weighted by molar-refractivity contribution is 0.102. The average Bonchev–Trinajstić information content (AvgIpc) is 3.15. The van der Waals surface area contributed by atoms with Crippen LogP contribution in [0.4, 0.5) is 11.4 Å². The standard InChI is InChI=1S/C23H22N4O4S2/c1-13-6-5-7-14(2)21(13)27-33(29,30)20-11-17(12-24-23(20)31-4)26-22(28)16-8-9-18-19(10-16)32-15(3)25-18/h5-12,27H,1-4H3,(H,26,28). The molecule has 0 saturated carbocycles. The summed E-state index contributed by atoms with van der Waals surface area (Å²) in [6.07, 6.45) is 1.35. The van der Waals surface area contributed by atoms with Crippen molar-refractivity contribution in [1.82, 2.24) is 9.97 Å². The number of aromatic nitrogens is 2. The Morgan fingerprint density at radius 3 is 2.48 bits per heavy atom. The quantitative estimate of drug-likeness (QED) is 0.413. The average molecular weight is 483 g/mol. The van der Waals surface area contributed by atoms with E-state index >= 15 is 0 Å². The van der Waals surface area contributed by atoms with Gasteiger partial charge in [0.25, 0.3) is 15.9 Å². The maximum absolute atomic E-state index is 13.2. The number of benzene rings is 2. The highest BCUT2D eigenvalue weighted by atomic mass is 32.2. The van der Waals surface area contributed by atoms with Crippen LogP contribution in [0.15, 0.2) is 53.6 Å². The summed E-state index contributed by atoms with van der Waals surface area (Å²) in [5.74, 6) is -0.464. The number of carbonyl (C=O) groups is 1. The highest BCUT2D eigenvalue weighted by Gasteiger charge is 2.23. The molecular formula is C23H22N4O4S2. The van der Waals surface area contributed by atoms with Crippen molar-refractivity contribution in [3.63, 3.8) is 0 Å². The zero-order valence-corrected chi connectivity index (χ0v) is 20.1. The zero-order chi connectivity index (χ0) is 23.8. The molecule has 0 aliphatic heterocycles. The number of carbonyl (C=O) groups excluding carboxylic acids is 1. The third-order valence-corrected chi connectivity index (χ3v) is 7.31. The number of nitrogens with one attached hydrogen (secondary N) is 2. The lowest BCUT2D eigenvalue weighted by Crippen LogP contribution is -2.17. The summed E-state index contributed by atoms with van der Waals surface area (Å²) in [4.78, 5) is 21.1. The van der Waals surface area contributed by atoms with Gasteiger partial charge in [-0.3, -0.25) is 9.52 Å². The van der Waals surface area contributed by atoms with Crippen LogP contribution in [-0.2, 0) is 10.0 Å². The molecule has 4 aromatic rings. The number of anilines is 2. The lowest BCUT2D eigenvalue weighted by Gasteiger charge is -2.15. The number of para-hydroxylation sites is 1. The molecule has 4 rings (SSSR count). The Morgan fingerprint density at radius 1 is 1.06 bits per heavy atom. The van der Waals surface area contributed by atoms with Crippen molar-refractivity contribution in [2.75, 3.05) is 17.1 Å². The van der Waals surface area contributed by atoms with Gasteiger partial charge in [0.15, 0.2) is 4.90 Å². The third kappa shape index (κ3) is 4.67. The van der Waals surface area contributed by atoms with Crippen LogP contribution in [0.25, 0.3) is 10.2 Å². The number of hydrogen-bond acceptors (Lipinski definition) is 7. The van der Waals surface area contributed by atoms with E-state index in [9.17, 15) is 13.2 Å². The van der Waals surface area contributed by atoms with E-state index in [4.69, 9.17) is 4.74 Å². The van der Waals surface area contributed by atoms with E-state index in [-0.39, 0.29) is 22.4 Å². The number of methoxy groups -OCH3 is 1. The molecule has 2 N–H and O–H groups in total. The van der Waals surface area contributed by atoms with Gasteiger partial charge in [-0.05, 0) is 56.2 Å². The van der Waals surface area contributed by atoms with E-state index in [2.05, 4.69) is 20.0 Å². The van der Waals surface area contributed by atoms with Crippen LogP contribution < -0.4 is 14.8 Å². The number of nitrogens with zero attached hydrogens (tertiary/aromatic N) is 2. The molecule has 2 heterocycles. The molecule has 0 aliphatic rings. The van der Waals surface area contributed by atoms with Gasteiger partial charge in [0.1, 0.15) is 0 Å². The van der Waals surface area contributed by atoms with E-state index in [1.54, 1.807) is 18.2 Å². The summed E-state index contributed by atoms with van der Waals surface area (Å²) in [5.41, 5.74) is 3.53. The van der Waals surface area contributed by atoms with Gasteiger partial charge in [-0.15, -0.1) is 11.3 Å². The molecule has 0 aliphatic carbocycles. The Balaban J connectivity index is 1.65. The number of fused-ring (bicyclic) bond motifs is 1. The topological polar surface area (TPSA) is 110 Å². The van der Waals surface area contributed by atoms with Gasteiger partial charge in [-0.25, -0.2) is 18.4 Å². The molecule has 2 aromatic heterocycles. The Hall–Kier alpha value is -3.50. The predicted octanol–water partition coefficient (Wildman–Crippen LogP) is 4.68. The van der Waals surface area contributed by atoms with Crippen molar-refractivity contribution in [3.8, 4) is 5.88 Å². The smallest absolute Gasteiger partial charge is 0.267 e. The Bertz CT molecular complexity index is 1460. The summed E-state index contributed by atoms with van der Waals surface area (Å²) >= 11 is 1.50. The first kappa shape index (κ1) is 22.7. The van der Waals surface area contributed by atoms with Gasteiger partial charge in [0, 0.05) is 5.56 Å². The van der Waals surface area contributed by atoms with Gasteiger partial charge in [-0.2, -0.15) is 0 Å². The number of hydrogen-bond donors (Lipinski definition) is 2. The van der Waals surface area contributed by atoms with Gasteiger partial charge in [0.05, 0.1) is 39.9 Å². The van der Waals surface area contributed by atoms with Gasteiger partial charge < -0.3 is 10.1 Å². The lowest BCUT2D eigenvalue weighted by atomic mass is 10.1. The van der Waals surface area contributed by atoms with E-state index in [1.165, 1.54) is 30.7 Å². The Labute approximate surface area is 195 Å². The monoisotopic (exact) mass is 482 g/mol. The van der Waals surface area contributed by atoms with Crippen molar-refractivity contribution < 1.29 is 17.9 Å². The van der Waals surface area contributed by atoms with E-state index in [1.807, 2.05) is 39.0 Å². The van der Waals surface area contributed by atoms with E-state index < -0.39 is 10.0 Å². The molecule has 0 radical (unpaired) electrons. The van der Waals surface area contributed by atoms with E-state index in [0.29, 0.717) is 11.3 Å². The highest BCUT2D eigenvalue weighted by molar-refractivity contribution is 7.92. The minimum atomic E-state index is -4.05. The second-order valence-corrected chi connectivity index (χ2v) is 10.4. The summed E-state index contributed by atoms with van der Waals surface area (Å²) in [6.45, 7) is 5.54. The molecule has 0 atom stereocenters. The largest absolute Gasteiger partial charge is 0.480 e. The van der Waals surface area contributed by atoms with Crippen molar-refractivity contribution in [2.24, 2.45) is 0 Å². The van der Waals surface area contributed by atoms with Crippen molar-refractivity contribution >= 4 is 48.9 Å². The molecule has 1 amide bonds. The van der Waals surface area contributed by atoms with Crippen LogP contribution in [0, 0.1) is 20.8 Å². The SMILES string of the molecule is COc1ncc(NC(=O)c2ccc3nc(C)sc3c2)cc1S(=O)(=O)Nc1c(C)cccc1C. The zero-order valence-electron chi connectivity index (χ0n) is 18.5. The third-order valence-electron chi connectivity index (χ3n) is 5.03. The maximum atomic E-state index is 13.2. The molecule has 10 heteroatoms. The van der Waals surface area contributed by atoms with Gasteiger partial charge in [0.2, 0.25) is 5.88 Å². The Kier molecular flexibility index (Phi) is 6.05. The van der Waals surface area contributed by atoms with Crippen LogP contribution >= 0.6 is 11.3 Å². The fraction of sp³-hybridized carbons (Fsp3) is 0.174. The van der Waals surface area contributed by atoms with Crippen molar-refractivity contribution in [3.05, 3.63) is 70.4 Å². The summed E-state index contributed by atoms with van der Waals surface area (Å²) < 4.78 is 35.1. The maximum Gasteiger partial charge on any atom is 0.267 e. The second kappa shape index (κ2) is 8.80. The van der Waals surface area contributed by atoms with Crippen molar-refractivity contribution in [2.45, 2.75) is 25.7 Å². The minimum Gasteiger partial charge on any atom is -0.480 e. The van der Waals surface area contributed by atoms with Gasteiger partial charge in [-0.1, -0.05) is 18.2 Å². The van der Waals surface area contributed by atoms with Gasteiger partial charge >= 0.3 is 0 Å². The summed E-state index contributed by atoms with van der Waals surface area (Å²) in [6, 6.07) is 12.0. The fourth-order valence-electron chi connectivity index (χ4n) is 3.40. The van der Waals surface area contributed by atoms with Crippen LogP contribution in [0.1, 0.15) is 26.5 Å². The molecule has 8 nitrogen and oxygen atoms in total. The number of sulfonamides is 1. The Morgan fingerprint density at radius 2 is 1.79 bits per heavy atom. The van der Waals surface area contributed by atoms with Crippen LogP contribution in [0.5, 0.6) is 5.88 Å². The molecule has 0 fully saturated rings. The summed E-state index contributed by atoms with van der Waals surface area (Å²) in [7, 11) is -2.71. The van der Waals surface area contributed by atoms with E-state index in [0.717, 1.165) is 26.4 Å². The molecular weight excluding hydrogens is 460 g/mol. The number of aryl methyl sites for hydroxylation is 3. The van der Waals surface area contributed by atoms with Crippen molar-refractivity contribution in [1.29, 1.82) is 0 Å². The normalized spacial score (nSPS) is 11.4. The fourth-order valence-corrected chi connectivity index (χ4v) is 5.61. The first-order valence-electron chi connectivity index (χ1n) is 9.99. The number of rotatable bonds is 6. The predicted molar refractivity (Wildman–Crippen MR) is 130 cm³/mol. The number of thiazole rings is 1. The van der Waals surface area contributed by atoms with Crippen LogP contribution in [0.2, 0.25) is 0 Å². The molecule has 33 heavy (non-hydrogen) atoms. The highest BCUT2D eigenvalue weighted by Crippen LogP contribution is 2.29.